The molecule has 1 aliphatic heterocycles. The summed E-state index contributed by atoms with van der Waals surface area (Å²) in [5.74, 6) is 0.750. The molecule has 0 aliphatic carbocycles. The summed E-state index contributed by atoms with van der Waals surface area (Å²) in [4.78, 5) is 14.0. The number of rotatable bonds is 3. The molecule has 2 heteroatoms. The molecular weight excluding hydrogens is 210 g/mol. The molecule has 1 amide bonds. The van der Waals surface area contributed by atoms with E-state index >= 15 is 0 Å². The van der Waals surface area contributed by atoms with Crippen molar-refractivity contribution in [1.29, 1.82) is 0 Å². The molecule has 1 fully saturated rings. The SMILES string of the molecule is CCCN1CCC(c2cccc(C)c2)CC1=O. The first kappa shape index (κ1) is 12.2. The third-order valence-electron chi connectivity index (χ3n) is 3.53. The molecule has 1 aromatic rings. The van der Waals surface area contributed by atoms with E-state index in [0.717, 1.165) is 25.9 Å². The molecule has 1 atom stereocenters. The van der Waals surface area contributed by atoms with E-state index in [-0.39, 0.29) is 0 Å². The number of amides is 1. The summed E-state index contributed by atoms with van der Waals surface area (Å²) in [5.41, 5.74) is 2.61. The average Bonchev–Trinajstić information content (AvgIpc) is 2.32. The zero-order chi connectivity index (χ0) is 12.3. The highest BCUT2D eigenvalue weighted by molar-refractivity contribution is 5.78. The van der Waals surface area contributed by atoms with E-state index in [9.17, 15) is 4.79 Å². The molecule has 1 aliphatic rings. The summed E-state index contributed by atoms with van der Waals surface area (Å²) in [5, 5.41) is 0. The minimum atomic E-state index is 0.324. The van der Waals surface area contributed by atoms with Gasteiger partial charge in [-0.2, -0.15) is 0 Å². The van der Waals surface area contributed by atoms with Crippen LogP contribution >= 0.6 is 0 Å². The molecule has 1 heterocycles. The molecule has 0 spiro atoms. The minimum Gasteiger partial charge on any atom is -0.343 e. The van der Waals surface area contributed by atoms with Crippen LogP contribution in [0.15, 0.2) is 24.3 Å². The number of aryl methyl sites for hydroxylation is 1. The number of hydrogen-bond acceptors (Lipinski definition) is 1. The monoisotopic (exact) mass is 231 g/mol. The van der Waals surface area contributed by atoms with Crippen molar-refractivity contribution in [2.45, 2.75) is 39.0 Å². The van der Waals surface area contributed by atoms with Crippen LogP contribution in [0.25, 0.3) is 0 Å². The van der Waals surface area contributed by atoms with E-state index in [1.807, 2.05) is 4.90 Å². The zero-order valence-electron chi connectivity index (χ0n) is 10.8. The number of hydrogen-bond donors (Lipinski definition) is 0. The molecule has 2 nitrogen and oxygen atoms in total. The minimum absolute atomic E-state index is 0.324. The van der Waals surface area contributed by atoms with Gasteiger partial charge in [0.1, 0.15) is 0 Å². The Labute approximate surface area is 104 Å². The van der Waals surface area contributed by atoms with Crippen LogP contribution in [0, 0.1) is 6.92 Å². The Morgan fingerprint density at radius 3 is 2.88 bits per heavy atom. The van der Waals surface area contributed by atoms with Crippen molar-refractivity contribution in [2.24, 2.45) is 0 Å². The lowest BCUT2D eigenvalue weighted by molar-refractivity contribution is -0.133. The van der Waals surface area contributed by atoms with Crippen molar-refractivity contribution in [1.82, 2.24) is 4.90 Å². The number of piperidine rings is 1. The van der Waals surface area contributed by atoms with Crippen molar-refractivity contribution >= 4 is 5.91 Å². The Morgan fingerprint density at radius 1 is 1.41 bits per heavy atom. The van der Waals surface area contributed by atoms with Crippen LogP contribution in [0.2, 0.25) is 0 Å². The van der Waals surface area contributed by atoms with Crippen molar-refractivity contribution in [3.8, 4) is 0 Å². The predicted octanol–water partition coefficient (Wildman–Crippen LogP) is 3.11. The highest BCUT2D eigenvalue weighted by atomic mass is 16.2. The predicted molar refractivity (Wildman–Crippen MR) is 70.0 cm³/mol. The highest BCUT2D eigenvalue weighted by Crippen LogP contribution is 2.29. The van der Waals surface area contributed by atoms with Crippen molar-refractivity contribution in [3.63, 3.8) is 0 Å². The molecule has 0 aromatic heterocycles. The van der Waals surface area contributed by atoms with Gasteiger partial charge in [0.15, 0.2) is 0 Å². The van der Waals surface area contributed by atoms with Gasteiger partial charge in [-0.1, -0.05) is 36.8 Å². The van der Waals surface area contributed by atoms with Crippen LogP contribution in [-0.4, -0.2) is 23.9 Å². The molecule has 0 radical (unpaired) electrons. The van der Waals surface area contributed by atoms with Crippen LogP contribution in [0.5, 0.6) is 0 Å². The molecule has 1 saturated heterocycles. The molecule has 1 aromatic carbocycles. The van der Waals surface area contributed by atoms with Crippen molar-refractivity contribution in [2.75, 3.05) is 13.1 Å². The van der Waals surface area contributed by atoms with Gasteiger partial charge in [-0.3, -0.25) is 4.79 Å². The standard InChI is InChI=1S/C15H21NO/c1-3-8-16-9-7-14(11-15(16)17)13-6-4-5-12(2)10-13/h4-6,10,14H,3,7-9,11H2,1-2H3. The fourth-order valence-corrected chi connectivity index (χ4v) is 2.59. The van der Waals surface area contributed by atoms with Crippen molar-refractivity contribution < 1.29 is 4.79 Å². The summed E-state index contributed by atoms with van der Waals surface area (Å²) >= 11 is 0. The number of carbonyl (C=O) groups excluding carboxylic acids is 1. The first-order valence-corrected chi connectivity index (χ1v) is 6.55. The largest absolute Gasteiger partial charge is 0.343 e. The van der Waals surface area contributed by atoms with Gasteiger partial charge in [0.05, 0.1) is 0 Å². The van der Waals surface area contributed by atoms with Crippen LogP contribution in [-0.2, 0) is 4.79 Å². The first-order valence-electron chi connectivity index (χ1n) is 6.55. The summed E-state index contributed by atoms with van der Waals surface area (Å²) in [6.45, 7) is 6.07. The second-order valence-corrected chi connectivity index (χ2v) is 4.98. The zero-order valence-corrected chi connectivity index (χ0v) is 10.8. The van der Waals surface area contributed by atoms with Crippen LogP contribution in [0.1, 0.15) is 43.2 Å². The highest BCUT2D eigenvalue weighted by Gasteiger charge is 2.25. The van der Waals surface area contributed by atoms with Gasteiger partial charge in [0.25, 0.3) is 0 Å². The third kappa shape index (κ3) is 2.87. The van der Waals surface area contributed by atoms with Gasteiger partial charge in [-0.15, -0.1) is 0 Å². The molecular formula is C15H21NO. The molecule has 17 heavy (non-hydrogen) atoms. The number of carbonyl (C=O) groups is 1. The average molecular weight is 231 g/mol. The number of benzene rings is 1. The maximum atomic E-state index is 12.0. The second kappa shape index (κ2) is 5.35. The summed E-state index contributed by atoms with van der Waals surface area (Å²) in [6, 6.07) is 8.57. The molecule has 2 rings (SSSR count). The Kier molecular flexibility index (Phi) is 3.82. The molecule has 0 saturated carbocycles. The molecule has 92 valence electrons. The van der Waals surface area contributed by atoms with Gasteiger partial charge in [-0.05, 0) is 31.2 Å². The van der Waals surface area contributed by atoms with Gasteiger partial charge < -0.3 is 4.90 Å². The Bertz CT molecular complexity index is 400. The summed E-state index contributed by atoms with van der Waals surface area (Å²) in [6.07, 6.45) is 2.85. The summed E-state index contributed by atoms with van der Waals surface area (Å²) in [7, 11) is 0. The normalized spacial score (nSPS) is 20.7. The van der Waals surface area contributed by atoms with E-state index in [4.69, 9.17) is 0 Å². The van der Waals surface area contributed by atoms with Gasteiger partial charge in [0.2, 0.25) is 5.91 Å². The smallest absolute Gasteiger partial charge is 0.223 e. The van der Waals surface area contributed by atoms with E-state index in [1.54, 1.807) is 0 Å². The van der Waals surface area contributed by atoms with Gasteiger partial charge in [-0.25, -0.2) is 0 Å². The van der Waals surface area contributed by atoms with E-state index in [1.165, 1.54) is 11.1 Å². The Morgan fingerprint density at radius 2 is 2.24 bits per heavy atom. The topological polar surface area (TPSA) is 20.3 Å². The van der Waals surface area contributed by atoms with E-state index in [0.29, 0.717) is 18.2 Å². The molecule has 0 bridgehead atoms. The van der Waals surface area contributed by atoms with E-state index < -0.39 is 0 Å². The lowest BCUT2D eigenvalue weighted by Crippen LogP contribution is -2.38. The van der Waals surface area contributed by atoms with Gasteiger partial charge in [0, 0.05) is 19.5 Å². The first-order chi connectivity index (χ1) is 8.20. The lowest BCUT2D eigenvalue weighted by atomic mass is 9.88. The third-order valence-corrected chi connectivity index (χ3v) is 3.53. The maximum absolute atomic E-state index is 12.0. The van der Waals surface area contributed by atoms with Crippen molar-refractivity contribution in [3.05, 3.63) is 35.4 Å². The molecule has 1 unspecified atom stereocenters. The lowest BCUT2D eigenvalue weighted by Gasteiger charge is -2.31. The fraction of sp³-hybridized carbons (Fsp3) is 0.533. The summed E-state index contributed by atoms with van der Waals surface area (Å²) < 4.78 is 0. The Balaban J connectivity index is 2.04. The second-order valence-electron chi connectivity index (χ2n) is 4.98. The van der Waals surface area contributed by atoms with E-state index in [2.05, 4.69) is 38.1 Å². The van der Waals surface area contributed by atoms with Crippen LogP contribution in [0.3, 0.4) is 0 Å². The van der Waals surface area contributed by atoms with Crippen LogP contribution < -0.4 is 0 Å². The fourth-order valence-electron chi connectivity index (χ4n) is 2.59. The number of nitrogens with zero attached hydrogens (tertiary/aromatic N) is 1. The van der Waals surface area contributed by atoms with Crippen LogP contribution in [0.4, 0.5) is 0 Å². The number of likely N-dealkylation sites (tertiary alicyclic amines) is 1. The maximum Gasteiger partial charge on any atom is 0.223 e. The quantitative estimate of drug-likeness (QED) is 0.782. The Hall–Kier alpha value is -1.31. The van der Waals surface area contributed by atoms with Gasteiger partial charge >= 0.3 is 0 Å². The molecule has 0 N–H and O–H groups in total.